The molecule has 0 aromatic heterocycles. The first-order valence-electron chi connectivity index (χ1n) is 39.4. The Balaban J connectivity index is 0.000000381. The monoisotopic (exact) mass is 1310 g/mol. The van der Waals surface area contributed by atoms with Gasteiger partial charge in [-0.25, -0.2) is 11.1 Å². The van der Waals surface area contributed by atoms with E-state index in [1.165, 1.54) is 38.9 Å². The molecule has 0 radical (unpaired) electrons. The largest absolute Gasteiger partial charge is 1.00 e. The summed E-state index contributed by atoms with van der Waals surface area (Å²) < 4.78 is 97.2. The number of hydrogen-bond donors (Lipinski definition) is 0. The molecular formula is C96H67BN3Na-2. The fourth-order valence-electron chi connectivity index (χ4n) is 15.2. The summed E-state index contributed by atoms with van der Waals surface area (Å²) in [6, 6.07) is 107. The second-order valence-corrected chi connectivity index (χ2v) is 26.2. The number of nitriles is 1. The minimum Gasteiger partial charge on any atom is -0.366 e. The van der Waals surface area contributed by atoms with Crippen LogP contribution in [0.4, 0.5) is 34.1 Å². The van der Waals surface area contributed by atoms with Crippen LogP contribution in [0.15, 0.2) is 352 Å². The van der Waals surface area contributed by atoms with E-state index in [0.717, 1.165) is 95.0 Å². The summed E-state index contributed by atoms with van der Waals surface area (Å²) in [6.07, 6.45) is 0. The Morgan fingerprint density at radius 1 is 0.436 bits per heavy atom. The van der Waals surface area contributed by atoms with Gasteiger partial charge in [0.1, 0.15) is 0 Å². The minimum atomic E-state index is -0.727. The van der Waals surface area contributed by atoms with E-state index in [-0.39, 0.29) is 88.1 Å². The van der Waals surface area contributed by atoms with Crippen molar-refractivity contribution in [3.05, 3.63) is 403 Å². The Bertz CT molecular complexity index is 6230. The third-order valence-electron chi connectivity index (χ3n) is 19.6. The van der Waals surface area contributed by atoms with Crippen molar-refractivity contribution in [1.29, 1.82) is 5.26 Å². The van der Waals surface area contributed by atoms with Crippen molar-refractivity contribution in [2.45, 2.75) is 31.6 Å². The molecule has 5 heteroatoms. The van der Waals surface area contributed by atoms with E-state index in [2.05, 4.69) is 297 Å². The van der Waals surface area contributed by atoms with Gasteiger partial charge in [-0.05, 0) is 141 Å². The molecule has 2 heterocycles. The molecule has 3 aliphatic rings. The standard InChI is InChI=1S/C83H60BN2.C13H7N.Na/c1-82(2,3)63-48-43-58(44-49-63)61-47-52-76-74(53-61)84-73-41-21-22-42-75(73)85(66-50-45-57(46-51-66)56-25-9-4-10-26-56)77-54-62(55-78(80(77)84)86(76)81-68(59-27-11-5-12-28-59)37-24-38-69(81)60-29-13-6-14-30-60)67-36-23-39-71-70-35-19-20-40-72(70)83(79(67)71,64-31-15-7-16-32-64)65-33-17-8-18-34-65;14-10-11-5-4-8-13(9-11)12-6-2-1-3-7-12;/h4-21,23-55H,1-3H3;1-6,9H;/q-1;-2;+1/i4D,9D,10D,25D,26D;1D,2D,3D,4D,5D,6D,9D;. The Morgan fingerprint density at radius 3 is 1.66 bits per heavy atom. The van der Waals surface area contributed by atoms with Crippen molar-refractivity contribution in [1.82, 2.24) is 0 Å². The molecule has 472 valence electrons. The number of benzene rings is 15. The fraction of sp³-hybridized carbons (Fsp3) is 0.0521. The Morgan fingerprint density at radius 2 is 1.00 bits per heavy atom. The maximum Gasteiger partial charge on any atom is 1.00 e. The number of rotatable bonds is 10. The van der Waals surface area contributed by atoms with Gasteiger partial charge in [0.15, 0.2) is 0 Å². The molecule has 0 amide bonds. The van der Waals surface area contributed by atoms with Gasteiger partial charge in [0.05, 0.1) is 24.0 Å². The maximum absolute atomic E-state index is 9.03. The third kappa shape index (κ3) is 11.3. The van der Waals surface area contributed by atoms with Crippen molar-refractivity contribution in [3.63, 3.8) is 0 Å². The summed E-state index contributed by atoms with van der Waals surface area (Å²) in [5, 5.41) is 8.97. The van der Waals surface area contributed by atoms with Gasteiger partial charge < -0.3 is 9.80 Å². The third-order valence-corrected chi connectivity index (χ3v) is 19.6. The van der Waals surface area contributed by atoms with Crippen LogP contribution >= 0.6 is 0 Å². The van der Waals surface area contributed by atoms with Crippen LogP contribution < -0.4 is 55.7 Å². The van der Waals surface area contributed by atoms with Gasteiger partial charge in [0, 0.05) is 38.0 Å². The summed E-state index contributed by atoms with van der Waals surface area (Å²) in [4.78, 5) is 4.94. The van der Waals surface area contributed by atoms with Crippen LogP contribution in [0.2, 0.25) is 0 Å². The molecule has 0 atom stereocenters. The Labute approximate surface area is 632 Å². The van der Waals surface area contributed by atoms with Gasteiger partial charge in [-0.2, -0.15) is 77.3 Å². The molecule has 0 unspecified atom stereocenters. The minimum absolute atomic E-state index is 0. The summed E-state index contributed by atoms with van der Waals surface area (Å²) in [6.45, 7) is 6.51. The van der Waals surface area contributed by atoms with E-state index < -0.39 is 53.8 Å². The van der Waals surface area contributed by atoms with Gasteiger partial charge in [0.2, 0.25) is 6.71 Å². The smallest absolute Gasteiger partial charge is 0.366 e. The van der Waals surface area contributed by atoms with E-state index in [1.807, 2.05) is 30.3 Å². The predicted molar refractivity (Wildman–Crippen MR) is 417 cm³/mol. The van der Waals surface area contributed by atoms with Crippen molar-refractivity contribution in [2.24, 2.45) is 0 Å². The van der Waals surface area contributed by atoms with Crippen molar-refractivity contribution < 1.29 is 46.0 Å². The molecular weight excluding hydrogens is 1230 g/mol. The van der Waals surface area contributed by atoms with Crippen LogP contribution in [0.1, 0.15) is 70.6 Å². The van der Waals surface area contributed by atoms with Crippen LogP contribution in [0.25, 0.3) is 77.9 Å². The van der Waals surface area contributed by atoms with Gasteiger partial charge in [-0.3, -0.25) is 0 Å². The van der Waals surface area contributed by atoms with Gasteiger partial charge >= 0.3 is 29.6 Å². The van der Waals surface area contributed by atoms with E-state index >= 15 is 0 Å². The molecule has 0 bridgehead atoms. The molecule has 0 spiro atoms. The zero-order chi connectivity index (χ0) is 77.8. The number of hydrogen-bond acceptors (Lipinski definition) is 3. The SMILES string of the molecule is [2H]c1[c-]c(-c2[c-]c([2H])c([2H])c(C#N)c2[2H])c([2H])c([2H])c1[2H].[2H]c1c([2H])c([2H])c(-c2ccc(N3c4c[c-]ccc4B4c5cc(-c6ccc(C(C)(C)C)cc6)ccc5N(c5c(-c6ccccc6)cccc5-c5ccccc5)c5cc(-c6cccc7c6C(c6ccccc6)(c6ccccc6)c6ccccc6-7)cc3c54)cc2)c([2H])c1[2H].[Na+]. The zero-order valence-electron chi connectivity index (χ0n) is 68.0. The van der Waals surface area contributed by atoms with Crippen LogP contribution in [0.5, 0.6) is 0 Å². The molecule has 18 rings (SSSR count). The fourth-order valence-corrected chi connectivity index (χ4v) is 15.2. The molecule has 15 aromatic rings. The first kappa shape index (κ1) is 51.6. The number of nitrogens with zero attached hydrogens (tertiary/aromatic N) is 3. The molecule has 0 N–H and O–H groups in total. The van der Waals surface area contributed by atoms with E-state index in [9.17, 15) is 0 Å². The molecule has 15 aromatic carbocycles. The molecule has 3 nitrogen and oxygen atoms in total. The van der Waals surface area contributed by atoms with E-state index in [4.69, 9.17) is 21.7 Å². The second-order valence-electron chi connectivity index (χ2n) is 26.2. The van der Waals surface area contributed by atoms with Gasteiger partial charge in [0.25, 0.3) is 0 Å². The summed E-state index contributed by atoms with van der Waals surface area (Å²) in [5.41, 5.74) is 25.8. The van der Waals surface area contributed by atoms with Gasteiger partial charge in [-0.15, -0.1) is 12.1 Å². The van der Waals surface area contributed by atoms with Crippen molar-refractivity contribution in [3.8, 4) is 84.0 Å². The number of anilines is 6. The topological polar surface area (TPSA) is 30.3 Å². The van der Waals surface area contributed by atoms with Crippen molar-refractivity contribution >= 4 is 57.2 Å². The molecule has 101 heavy (non-hydrogen) atoms. The van der Waals surface area contributed by atoms with Crippen LogP contribution in [-0.2, 0) is 10.8 Å². The van der Waals surface area contributed by atoms with Crippen molar-refractivity contribution in [2.75, 3.05) is 9.80 Å². The van der Waals surface area contributed by atoms with Crippen LogP contribution in [0.3, 0.4) is 0 Å². The number of para-hydroxylation sites is 1. The molecule has 0 fully saturated rings. The summed E-state index contributed by atoms with van der Waals surface area (Å²) >= 11 is 0. The Kier molecular flexibility index (Phi) is 13.8. The zero-order valence-corrected chi connectivity index (χ0v) is 58.0. The summed E-state index contributed by atoms with van der Waals surface area (Å²) in [5.74, 6) is 0. The van der Waals surface area contributed by atoms with Gasteiger partial charge in [-0.1, -0.05) is 287 Å². The maximum atomic E-state index is 9.03. The molecule has 2 aliphatic heterocycles. The van der Waals surface area contributed by atoms with E-state index in [0.29, 0.717) is 5.56 Å². The predicted octanol–water partition coefficient (Wildman–Crippen LogP) is 19.4. The second kappa shape index (κ2) is 26.9. The quantitative estimate of drug-likeness (QED) is 0.101. The summed E-state index contributed by atoms with van der Waals surface area (Å²) in [7, 11) is 0. The van der Waals surface area contributed by atoms with Crippen LogP contribution in [-0.4, -0.2) is 6.71 Å². The molecule has 0 saturated carbocycles. The normalized spacial score (nSPS) is 14.3. The average molecular weight is 1310 g/mol. The first-order valence-corrected chi connectivity index (χ1v) is 33.4. The first-order chi connectivity index (χ1) is 54.2. The van der Waals surface area contributed by atoms with Crippen LogP contribution in [0, 0.1) is 29.5 Å². The Hall–Kier alpha value is -11.5. The van der Waals surface area contributed by atoms with E-state index in [1.54, 1.807) is 6.07 Å². The average Bonchev–Trinajstić information content (AvgIpc) is 1.25. The molecule has 1 aliphatic carbocycles. The number of fused-ring (bicyclic) bond motifs is 7. The molecule has 0 saturated heterocycles.